The molecule has 0 radical (unpaired) electrons. The molecule has 1 unspecified atom stereocenters. The molecule has 0 bridgehead atoms. The van der Waals surface area contributed by atoms with Gasteiger partial charge in [-0.05, 0) is 56.7 Å². The molecule has 198 valence electrons. The minimum atomic E-state index is -0.716. The van der Waals surface area contributed by atoms with Crippen molar-refractivity contribution in [2.75, 3.05) is 13.2 Å². The van der Waals surface area contributed by atoms with E-state index in [9.17, 15) is 9.59 Å². The Hall–Kier alpha value is -2.86. The van der Waals surface area contributed by atoms with Crippen LogP contribution in [0.2, 0.25) is 0 Å². The Balaban J connectivity index is 1.72. The summed E-state index contributed by atoms with van der Waals surface area (Å²) >= 11 is 0. The summed E-state index contributed by atoms with van der Waals surface area (Å²) in [5, 5.41) is 0. The summed E-state index contributed by atoms with van der Waals surface area (Å²) < 4.78 is 21.9. The number of carbonyl (C=O) groups is 2. The maximum atomic E-state index is 12.6. The Labute approximate surface area is 216 Å². The van der Waals surface area contributed by atoms with Crippen LogP contribution in [0.5, 0.6) is 17.2 Å². The SMILES string of the molecule is CCCCCCCCCCCCOc1ccc(C(=O)Oc2ccccc2OC(=O)C(C)OCC)cc1. The highest BCUT2D eigenvalue weighted by atomic mass is 16.6. The highest BCUT2D eigenvalue weighted by Gasteiger charge is 2.19. The molecule has 0 saturated heterocycles. The van der Waals surface area contributed by atoms with Gasteiger partial charge in [0.05, 0.1) is 12.2 Å². The number of hydrogen-bond donors (Lipinski definition) is 0. The standard InChI is InChI=1S/C30H42O6/c1-4-6-7-8-9-10-11-12-13-16-23-34-26-21-19-25(20-22-26)30(32)36-28-18-15-14-17-27(28)35-29(31)24(3)33-5-2/h14-15,17-22,24H,4-13,16,23H2,1-3H3. The zero-order chi connectivity index (χ0) is 26.0. The van der Waals surface area contributed by atoms with Gasteiger partial charge in [-0.3, -0.25) is 0 Å². The fourth-order valence-corrected chi connectivity index (χ4v) is 3.75. The molecule has 2 aromatic carbocycles. The monoisotopic (exact) mass is 498 g/mol. The number of esters is 2. The molecule has 0 saturated carbocycles. The van der Waals surface area contributed by atoms with Crippen molar-refractivity contribution >= 4 is 11.9 Å². The van der Waals surface area contributed by atoms with E-state index in [1.165, 1.54) is 57.8 Å². The molecule has 6 nitrogen and oxygen atoms in total. The molecule has 0 heterocycles. The van der Waals surface area contributed by atoms with Crippen LogP contribution in [0.4, 0.5) is 0 Å². The van der Waals surface area contributed by atoms with Crippen LogP contribution in [-0.2, 0) is 9.53 Å². The van der Waals surface area contributed by atoms with Crippen molar-refractivity contribution in [1.29, 1.82) is 0 Å². The quantitative estimate of drug-likeness (QED) is 0.120. The lowest BCUT2D eigenvalue weighted by Gasteiger charge is -2.13. The van der Waals surface area contributed by atoms with Crippen LogP contribution in [0.3, 0.4) is 0 Å². The van der Waals surface area contributed by atoms with E-state index in [1.54, 1.807) is 62.4 Å². The molecule has 0 aliphatic rings. The van der Waals surface area contributed by atoms with Gasteiger partial charge in [0.15, 0.2) is 17.6 Å². The maximum Gasteiger partial charge on any atom is 0.343 e. The molecule has 36 heavy (non-hydrogen) atoms. The third-order valence-corrected chi connectivity index (χ3v) is 5.87. The van der Waals surface area contributed by atoms with E-state index in [2.05, 4.69) is 6.92 Å². The Bertz CT molecular complexity index is 893. The fourth-order valence-electron chi connectivity index (χ4n) is 3.75. The zero-order valence-corrected chi connectivity index (χ0v) is 22.1. The smallest absolute Gasteiger partial charge is 0.343 e. The predicted octanol–water partition coefficient (Wildman–Crippen LogP) is 7.54. The number of rotatable bonds is 18. The summed E-state index contributed by atoms with van der Waals surface area (Å²) in [6, 6.07) is 13.4. The number of carbonyl (C=O) groups excluding carboxylic acids is 2. The second-order valence-electron chi connectivity index (χ2n) is 8.91. The minimum Gasteiger partial charge on any atom is -0.494 e. The molecule has 0 spiro atoms. The van der Waals surface area contributed by atoms with Crippen LogP contribution in [0.1, 0.15) is 95.3 Å². The van der Waals surface area contributed by atoms with Gasteiger partial charge in [0.25, 0.3) is 0 Å². The van der Waals surface area contributed by atoms with Crippen molar-refractivity contribution in [3.8, 4) is 17.2 Å². The van der Waals surface area contributed by atoms with Gasteiger partial charge in [-0.25, -0.2) is 9.59 Å². The van der Waals surface area contributed by atoms with Gasteiger partial charge in [-0.1, -0.05) is 76.8 Å². The third kappa shape index (κ3) is 11.3. The summed E-state index contributed by atoms with van der Waals surface area (Å²) in [6.07, 6.45) is 12.1. The first-order valence-corrected chi connectivity index (χ1v) is 13.4. The third-order valence-electron chi connectivity index (χ3n) is 5.87. The molecule has 0 amide bonds. The highest BCUT2D eigenvalue weighted by Crippen LogP contribution is 2.28. The van der Waals surface area contributed by atoms with Crippen molar-refractivity contribution < 1.29 is 28.5 Å². The van der Waals surface area contributed by atoms with Crippen LogP contribution in [0.25, 0.3) is 0 Å². The number of ether oxygens (including phenoxy) is 4. The van der Waals surface area contributed by atoms with E-state index in [-0.39, 0.29) is 11.5 Å². The first-order chi connectivity index (χ1) is 17.5. The summed E-state index contributed by atoms with van der Waals surface area (Å²) in [6.45, 7) is 6.72. The van der Waals surface area contributed by atoms with E-state index in [0.29, 0.717) is 18.8 Å². The number of benzene rings is 2. The van der Waals surface area contributed by atoms with E-state index in [0.717, 1.165) is 12.2 Å². The van der Waals surface area contributed by atoms with Crippen LogP contribution in [-0.4, -0.2) is 31.3 Å². The summed E-state index contributed by atoms with van der Waals surface area (Å²) in [4.78, 5) is 24.8. The first kappa shape index (κ1) is 29.4. The van der Waals surface area contributed by atoms with E-state index in [1.807, 2.05) is 0 Å². The van der Waals surface area contributed by atoms with E-state index < -0.39 is 18.0 Å². The Morgan fingerprint density at radius 1 is 0.722 bits per heavy atom. The van der Waals surface area contributed by atoms with Gasteiger partial charge in [-0.2, -0.15) is 0 Å². The Kier molecular flexibility index (Phi) is 14.3. The summed E-state index contributed by atoms with van der Waals surface area (Å²) in [5.41, 5.74) is 0.380. The molecule has 0 N–H and O–H groups in total. The van der Waals surface area contributed by atoms with Crippen LogP contribution >= 0.6 is 0 Å². The van der Waals surface area contributed by atoms with E-state index in [4.69, 9.17) is 18.9 Å². The van der Waals surface area contributed by atoms with Crippen molar-refractivity contribution in [2.45, 2.75) is 91.1 Å². The number of hydrogen-bond acceptors (Lipinski definition) is 6. The second-order valence-corrected chi connectivity index (χ2v) is 8.91. The lowest BCUT2D eigenvalue weighted by Crippen LogP contribution is -2.26. The fraction of sp³-hybridized carbons (Fsp3) is 0.533. The number of unbranched alkanes of at least 4 members (excludes halogenated alkanes) is 9. The minimum absolute atomic E-state index is 0.166. The van der Waals surface area contributed by atoms with Crippen LogP contribution in [0.15, 0.2) is 48.5 Å². The van der Waals surface area contributed by atoms with Gasteiger partial charge in [-0.15, -0.1) is 0 Å². The molecule has 2 rings (SSSR count). The van der Waals surface area contributed by atoms with E-state index >= 15 is 0 Å². The van der Waals surface area contributed by atoms with Gasteiger partial charge in [0, 0.05) is 6.61 Å². The summed E-state index contributed by atoms with van der Waals surface area (Å²) in [5.74, 6) is -0.0386. The van der Waals surface area contributed by atoms with Gasteiger partial charge in [0.1, 0.15) is 5.75 Å². The Morgan fingerprint density at radius 3 is 1.86 bits per heavy atom. The topological polar surface area (TPSA) is 71.1 Å². The van der Waals surface area contributed by atoms with Crippen molar-refractivity contribution in [3.05, 3.63) is 54.1 Å². The van der Waals surface area contributed by atoms with Crippen LogP contribution in [0, 0.1) is 0 Å². The van der Waals surface area contributed by atoms with Gasteiger partial charge < -0.3 is 18.9 Å². The van der Waals surface area contributed by atoms with Crippen molar-refractivity contribution in [1.82, 2.24) is 0 Å². The molecular formula is C30H42O6. The second kappa shape index (κ2) is 17.6. The van der Waals surface area contributed by atoms with Crippen molar-refractivity contribution in [2.24, 2.45) is 0 Å². The van der Waals surface area contributed by atoms with Crippen molar-refractivity contribution in [3.63, 3.8) is 0 Å². The normalized spacial score (nSPS) is 11.6. The molecule has 0 fully saturated rings. The lowest BCUT2D eigenvalue weighted by molar-refractivity contribution is -0.146. The molecule has 2 aromatic rings. The largest absolute Gasteiger partial charge is 0.494 e. The average Bonchev–Trinajstić information content (AvgIpc) is 2.89. The maximum absolute atomic E-state index is 12.6. The molecular weight excluding hydrogens is 456 g/mol. The highest BCUT2D eigenvalue weighted by molar-refractivity contribution is 5.91. The number of para-hydroxylation sites is 2. The molecule has 0 aliphatic carbocycles. The molecule has 0 aromatic heterocycles. The predicted molar refractivity (Wildman–Crippen MR) is 142 cm³/mol. The first-order valence-electron chi connectivity index (χ1n) is 13.4. The lowest BCUT2D eigenvalue weighted by atomic mass is 10.1. The van der Waals surface area contributed by atoms with Gasteiger partial charge in [0.2, 0.25) is 0 Å². The van der Waals surface area contributed by atoms with Crippen LogP contribution < -0.4 is 14.2 Å². The molecule has 0 aliphatic heterocycles. The molecule has 1 atom stereocenters. The Morgan fingerprint density at radius 2 is 1.28 bits per heavy atom. The average molecular weight is 499 g/mol. The van der Waals surface area contributed by atoms with Gasteiger partial charge >= 0.3 is 11.9 Å². The molecule has 6 heteroatoms. The summed E-state index contributed by atoms with van der Waals surface area (Å²) in [7, 11) is 0. The zero-order valence-electron chi connectivity index (χ0n) is 22.1.